The van der Waals surface area contributed by atoms with Gasteiger partial charge in [-0.15, -0.1) is 0 Å². The highest BCUT2D eigenvalue weighted by Gasteiger charge is 2.15. The highest BCUT2D eigenvalue weighted by atomic mass is 32.1. The van der Waals surface area contributed by atoms with Gasteiger partial charge >= 0.3 is 0 Å². The minimum absolute atomic E-state index is 0.101. The van der Waals surface area contributed by atoms with E-state index >= 15 is 0 Å². The van der Waals surface area contributed by atoms with E-state index in [1.165, 1.54) is 19.3 Å². The molecule has 0 bridgehead atoms. The van der Waals surface area contributed by atoms with Crippen LogP contribution in [0.25, 0.3) is 0 Å². The van der Waals surface area contributed by atoms with E-state index in [2.05, 4.69) is 22.6 Å². The Morgan fingerprint density at radius 2 is 1.79 bits per heavy atom. The molecule has 1 fully saturated rings. The van der Waals surface area contributed by atoms with Gasteiger partial charge in [0.1, 0.15) is 11.8 Å². The van der Waals surface area contributed by atoms with Gasteiger partial charge < -0.3 is 4.90 Å². The summed E-state index contributed by atoms with van der Waals surface area (Å²) >= 11 is 3.53. The van der Waals surface area contributed by atoms with Gasteiger partial charge in [-0.25, -0.2) is 9.97 Å². The molecule has 0 spiro atoms. The zero-order valence-electron chi connectivity index (χ0n) is 17.5. The summed E-state index contributed by atoms with van der Waals surface area (Å²) in [6.45, 7) is 3.83. The van der Waals surface area contributed by atoms with Crippen LogP contribution < -0.4 is 10.5 Å². The van der Waals surface area contributed by atoms with Crippen LogP contribution >= 0.6 is 12.6 Å². The predicted octanol–water partition coefficient (Wildman–Crippen LogP) is 3.93. The van der Waals surface area contributed by atoms with Crippen molar-refractivity contribution in [2.24, 2.45) is 0 Å². The zero-order chi connectivity index (χ0) is 21.1. The Kier molecular flexibility index (Phi) is 10.3. The second-order valence-electron chi connectivity index (χ2n) is 6.93. The van der Waals surface area contributed by atoms with Crippen molar-refractivity contribution < 1.29 is 0 Å². The molecule has 0 aliphatic heterocycles. The Morgan fingerprint density at radius 1 is 1.14 bits per heavy atom. The lowest BCUT2D eigenvalue weighted by atomic mass is 9.95. The van der Waals surface area contributed by atoms with E-state index < -0.39 is 0 Å². The van der Waals surface area contributed by atoms with Crippen LogP contribution in [0, 0.1) is 25.2 Å². The van der Waals surface area contributed by atoms with Crippen molar-refractivity contribution >= 4 is 18.3 Å². The molecule has 0 unspecified atom stereocenters. The largest absolute Gasteiger partial charge is 0.377 e. The van der Waals surface area contributed by atoms with Crippen LogP contribution in [0.4, 0.5) is 5.69 Å². The summed E-state index contributed by atoms with van der Waals surface area (Å²) in [6, 6.07) is 5.81. The first-order valence-electron chi connectivity index (χ1n) is 9.46. The Bertz CT molecular complexity index is 835. The number of hydrogen-bond acceptors (Lipinski definition) is 6. The van der Waals surface area contributed by atoms with E-state index in [-0.39, 0.29) is 5.56 Å². The molecule has 1 aliphatic carbocycles. The van der Waals surface area contributed by atoms with Gasteiger partial charge in [0.25, 0.3) is 5.56 Å². The van der Waals surface area contributed by atoms with E-state index in [1.54, 1.807) is 35.5 Å². The molecule has 0 atom stereocenters. The maximum Gasteiger partial charge on any atom is 0.253 e. The number of hydrogen-bond donors (Lipinski definition) is 1. The van der Waals surface area contributed by atoms with Gasteiger partial charge in [0.2, 0.25) is 0 Å². The third-order valence-corrected chi connectivity index (χ3v) is 4.61. The molecule has 152 valence electrons. The molecule has 2 aromatic rings. The van der Waals surface area contributed by atoms with Gasteiger partial charge in [0, 0.05) is 43.8 Å². The standard InChI is InChI=1S/C11H16N2O.C9H11N3.CH4S/c1-9-7-11(14)13(8-12-9)10-5-3-2-4-6-10;1-7-6-11-8(5-10)4-9(7)12(2)3;1-2/h7-8,10H,2-6H2,1H3;4,6H,1-3H3;2H,1H3. The summed E-state index contributed by atoms with van der Waals surface area (Å²) in [6.07, 6.45) is 11.2. The van der Waals surface area contributed by atoms with Crippen LogP contribution in [-0.4, -0.2) is 34.9 Å². The van der Waals surface area contributed by atoms with E-state index in [4.69, 9.17) is 5.26 Å². The minimum Gasteiger partial charge on any atom is -0.377 e. The summed E-state index contributed by atoms with van der Waals surface area (Å²) in [5.41, 5.74) is 3.50. The van der Waals surface area contributed by atoms with Crippen LogP contribution in [0.15, 0.2) is 29.5 Å². The van der Waals surface area contributed by atoms with Crippen molar-refractivity contribution in [3.63, 3.8) is 0 Å². The van der Waals surface area contributed by atoms with Crippen molar-refractivity contribution in [1.82, 2.24) is 14.5 Å². The maximum atomic E-state index is 11.7. The van der Waals surface area contributed by atoms with Crippen molar-refractivity contribution in [2.75, 3.05) is 25.3 Å². The van der Waals surface area contributed by atoms with Gasteiger partial charge in [-0.2, -0.15) is 17.9 Å². The van der Waals surface area contributed by atoms with Crippen molar-refractivity contribution in [3.05, 3.63) is 52.0 Å². The summed E-state index contributed by atoms with van der Waals surface area (Å²) in [5.74, 6) is 0. The Morgan fingerprint density at radius 3 is 2.32 bits per heavy atom. The molecule has 1 aliphatic rings. The Balaban J connectivity index is 0.000000260. The molecular formula is C21H31N5OS. The first kappa shape index (κ1) is 23.7. The lowest BCUT2D eigenvalue weighted by Crippen LogP contribution is -2.26. The predicted molar refractivity (Wildman–Crippen MR) is 118 cm³/mol. The van der Waals surface area contributed by atoms with Gasteiger partial charge in [-0.1, -0.05) is 19.3 Å². The summed E-state index contributed by atoms with van der Waals surface area (Å²) in [4.78, 5) is 21.8. The molecule has 0 N–H and O–H groups in total. The number of pyridine rings is 1. The molecule has 0 aromatic carbocycles. The topological polar surface area (TPSA) is 74.8 Å². The van der Waals surface area contributed by atoms with Crippen molar-refractivity contribution in [1.29, 1.82) is 5.26 Å². The van der Waals surface area contributed by atoms with Crippen LogP contribution in [0.1, 0.15) is 55.1 Å². The number of rotatable bonds is 2. The maximum absolute atomic E-state index is 11.7. The molecule has 0 saturated heterocycles. The van der Waals surface area contributed by atoms with Crippen LogP contribution in [0.5, 0.6) is 0 Å². The number of aromatic nitrogens is 3. The smallest absolute Gasteiger partial charge is 0.253 e. The molecule has 0 radical (unpaired) electrons. The van der Waals surface area contributed by atoms with E-state index in [0.29, 0.717) is 11.7 Å². The SMILES string of the molecule is CS.Cc1cc(=O)n(C2CCCCC2)cn1.Cc1cnc(C#N)cc1N(C)C. The summed E-state index contributed by atoms with van der Waals surface area (Å²) in [5, 5.41) is 8.60. The second-order valence-corrected chi connectivity index (χ2v) is 6.93. The Labute approximate surface area is 173 Å². The molecule has 6 nitrogen and oxygen atoms in total. The number of nitriles is 1. The molecule has 3 rings (SSSR count). The third-order valence-electron chi connectivity index (χ3n) is 4.61. The highest BCUT2D eigenvalue weighted by Crippen LogP contribution is 2.26. The Hall–Kier alpha value is -2.33. The van der Waals surface area contributed by atoms with Gasteiger partial charge in [-0.3, -0.25) is 9.36 Å². The molecule has 0 amide bonds. The fourth-order valence-electron chi connectivity index (χ4n) is 3.19. The monoisotopic (exact) mass is 401 g/mol. The molecule has 1 saturated carbocycles. The normalized spacial score (nSPS) is 13.3. The molecule has 28 heavy (non-hydrogen) atoms. The molecule has 7 heteroatoms. The lowest BCUT2D eigenvalue weighted by molar-refractivity contribution is 0.343. The van der Waals surface area contributed by atoms with E-state index in [1.807, 2.05) is 38.9 Å². The number of anilines is 1. The minimum atomic E-state index is 0.101. The zero-order valence-corrected chi connectivity index (χ0v) is 18.4. The number of thiol groups is 1. The fraction of sp³-hybridized carbons (Fsp3) is 0.524. The first-order valence-corrected chi connectivity index (χ1v) is 10.4. The second kappa shape index (κ2) is 12.2. The van der Waals surface area contributed by atoms with Crippen molar-refractivity contribution in [2.45, 2.75) is 52.0 Å². The van der Waals surface area contributed by atoms with Gasteiger partial charge in [-0.05, 0) is 44.6 Å². The third kappa shape index (κ3) is 7.01. The van der Waals surface area contributed by atoms with Crippen molar-refractivity contribution in [3.8, 4) is 6.07 Å². The molecular weight excluding hydrogens is 370 g/mol. The van der Waals surface area contributed by atoms with E-state index in [9.17, 15) is 4.79 Å². The average molecular weight is 402 g/mol. The number of nitrogens with zero attached hydrogens (tertiary/aromatic N) is 5. The van der Waals surface area contributed by atoms with Gasteiger partial charge in [0.15, 0.2) is 0 Å². The first-order chi connectivity index (χ1) is 13.4. The number of aryl methyl sites for hydroxylation is 2. The quantitative estimate of drug-likeness (QED) is 0.772. The highest BCUT2D eigenvalue weighted by molar-refractivity contribution is 7.79. The van der Waals surface area contributed by atoms with Crippen LogP contribution in [0.2, 0.25) is 0 Å². The fourth-order valence-corrected chi connectivity index (χ4v) is 3.19. The summed E-state index contributed by atoms with van der Waals surface area (Å²) < 4.78 is 1.80. The summed E-state index contributed by atoms with van der Waals surface area (Å²) in [7, 11) is 3.90. The van der Waals surface area contributed by atoms with Crippen LogP contribution in [0.3, 0.4) is 0 Å². The van der Waals surface area contributed by atoms with Gasteiger partial charge in [0.05, 0.1) is 6.33 Å². The van der Waals surface area contributed by atoms with Crippen LogP contribution in [-0.2, 0) is 0 Å². The molecule has 2 heterocycles. The van der Waals surface area contributed by atoms with E-state index in [0.717, 1.165) is 29.8 Å². The lowest BCUT2D eigenvalue weighted by Gasteiger charge is -2.23. The average Bonchev–Trinajstić information content (AvgIpc) is 2.71. The molecule has 2 aromatic heterocycles.